The number of hydrogen-bond donors (Lipinski definition) is 2. The first kappa shape index (κ1) is 23.4. The second-order valence-electron chi connectivity index (χ2n) is 7.70. The summed E-state index contributed by atoms with van der Waals surface area (Å²) in [6.07, 6.45) is 1.62. The van der Waals surface area contributed by atoms with Crippen LogP contribution in [-0.2, 0) is 0 Å². The van der Waals surface area contributed by atoms with E-state index in [0.29, 0.717) is 60.5 Å². The van der Waals surface area contributed by atoms with Crippen molar-refractivity contribution in [3.63, 3.8) is 0 Å². The number of carbonyl (C=O) groups excluding carboxylic acids is 2. The molecule has 34 heavy (non-hydrogen) atoms. The molecular weight excluding hydrogens is 454 g/mol. The number of ether oxygens (including phenoxy) is 1. The van der Waals surface area contributed by atoms with Crippen molar-refractivity contribution in [1.29, 1.82) is 0 Å². The molecule has 1 fully saturated rings. The minimum atomic E-state index is -0.380. The molecular formula is C25H26ClN5O3. The van der Waals surface area contributed by atoms with Gasteiger partial charge in [-0.3, -0.25) is 4.79 Å². The van der Waals surface area contributed by atoms with Crippen molar-refractivity contribution in [1.82, 2.24) is 9.88 Å². The summed E-state index contributed by atoms with van der Waals surface area (Å²) < 4.78 is 5.53. The molecule has 0 spiro atoms. The highest BCUT2D eigenvalue weighted by Gasteiger charge is 2.23. The topological polar surface area (TPSA) is 86.8 Å². The second kappa shape index (κ2) is 10.9. The molecule has 8 nitrogen and oxygen atoms in total. The molecule has 176 valence electrons. The van der Waals surface area contributed by atoms with Crippen LogP contribution >= 0.6 is 11.6 Å². The van der Waals surface area contributed by atoms with Crippen molar-refractivity contribution >= 4 is 40.7 Å². The van der Waals surface area contributed by atoms with Gasteiger partial charge in [-0.25, -0.2) is 9.78 Å². The van der Waals surface area contributed by atoms with Crippen LogP contribution < -0.4 is 20.3 Å². The Morgan fingerprint density at radius 2 is 1.79 bits per heavy atom. The number of urea groups is 1. The average Bonchev–Trinajstić information content (AvgIpc) is 2.85. The zero-order chi connectivity index (χ0) is 23.9. The van der Waals surface area contributed by atoms with Crippen molar-refractivity contribution in [2.75, 3.05) is 48.3 Å². The second-order valence-corrected chi connectivity index (χ2v) is 8.14. The lowest BCUT2D eigenvalue weighted by atomic mass is 10.2. The van der Waals surface area contributed by atoms with E-state index in [1.54, 1.807) is 48.7 Å². The van der Waals surface area contributed by atoms with Gasteiger partial charge in [0.2, 0.25) is 0 Å². The van der Waals surface area contributed by atoms with Crippen molar-refractivity contribution in [2.45, 2.75) is 6.92 Å². The van der Waals surface area contributed by atoms with Gasteiger partial charge in [0.25, 0.3) is 5.91 Å². The molecule has 3 aromatic rings. The highest BCUT2D eigenvalue weighted by Crippen LogP contribution is 2.24. The van der Waals surface area contributed by atoms with Gasteiger partial charge in [0.15, 0.2) is 0 Å². The van der Waals surface area contributed by atoms with E-state index in [9.17, 15) is 9.59 Å². The molecule has 3 amide bonds. The summed E-state index contributed by atoms with van der Waals surface area (Å²) in [5.74, 6) is 1.38. The number of benzene rings is 2. The Morgan fingerprint density at radius 3 is 2.50 bits per heavy atom. The van der Waals surface area contributed by atoms with Crippen LogP contribution in [0, 0.1) is 0 Å². The summed E-state index contributed by atoms with van der Waals surface area (Å²) in [6.45, 7) is 4.92. The molecule has 0 aliphatic carbocycles. The summed E-state index contributed by atoms with van der Waals surface area (Å²) in [4.78, 5) is 33.5. The monoisotopic (exact) mass is 479 g/mol. The molecule has 2 N–H and O–H groups in total. The number of nitrogens with zero attached hydrogens (tertiary/aromatic N) is 3. The predicted molar refractivity (Wildman–Crippen MR) is 134 cm³/mol. The van der Waals surface area contributed by atoms with Crippen LogP contribution in [0.25, 0.3) is 0 Å². The molecule has 1 aromatic heterocycles. The number of amides is 3. The van der Waals surface area contributed by atoms with Gasteiger partial charge in [0.05, 0.1) is 24.2 Å². The molecule has 9 heteroatoms. The highest BCUT2D eigenvalue weighted by molar-refractivity contribution is 6.30. The highest BCUT2D eigenvalue weighted by atomic mass is 35.5. The number of anilines is 3. The molecule has 4 rings (SSSR count). The predicted octanol–water partition coefficient (Wildman–Crippen LogP) is 4.74. The third kappa shape index (κ3) is 5.77. The number of rotatable bonds is 6. The molecule has 2 aromatic carbocycles. The third-order valence-electron chi connectivity index (χ3n) is 5.40. The number of pyridine rings is 1. The Morgan fingerprint density at radius 1 is 1.00 bits per heavy atom. The van der Waals surface area contributed by atoms with Gasteiger partial charge in [-0.15, -0.1) is 0 Å². The van der Waals surface area contributed by atoms with Gasteiger partial charge in [-0.2, -0.15) is 0 Å². The van der Waals surface area contributed by atoms with Crippen molar-refractivity contribution in [3.8, 4) is 5.75 Å². The van der Waals surface area contributed by atoms with Crippen LogP contribution in [0.5, 0.6) is 5.75 Å². The standard InChI is InChI=1S/C25H26ClN5O3/c1-2-34-22-9-4-3-8-21(22)29-25(33)28-20-10-11-23(27-17-20)30-12-14-31(15-13-30)24(32)18-6-5-7-19(26)16-18/h3-11,16-17H,2,12-15H2,1H3,(H2,28,29,33). The van der Waals surface area contributed by atoms with E-state index in [-0.39, 0.29) is 11.9 Å². The molecule has 0 atom stereocenters. The van der Waals surface area contributed by atoms with E-state index < -0.39 is 0 Å². The fraction of sp³-hybridized carbons (Fsp3) is 0.240. The van der Waals surface area contributed by atoms with Crippen LogP contribution in [0.1, 0.15) is 17.3 Å². The van der Waals surface area contributed by atoms with Crippen molar-refractivity contribution < 1.29 is 14.3 Å². The number of para-hydroxylation sites is 2. The Bertz CT molecular complexity index is 1150. The lowest BCUT2D eigenvalue weighted by molar-refractivity contribution is 0.0746. The van der Waals surface area contributed by atoms with Crippen LogP contribution in [0.3, 0.4) is 0 Å². The van der Waals surface area contributed by atoms with Crippen molar-refractivity contribution in [3.05, 3.63) is 77.4 Å². The quantitative estimate of drug-likeness (QED) is 0.533. The maximum atomic E-state index is 12.7. The number of piperazine rings is 1. The largest absolute Gasteiger partial charge is 0.492 e. The van der Waals surface area contributed by atoms with E-state index in [0.717, 1.165) is 5.82 Å². The van der Waals surface area contributed by atoms with Crippen LogP contribution in [0.4, 0.5) is 22.0 Å². The normalized spacial score (nSPS) is 13.4. The number of aromatic nitrogens is 1. The van der Waals surface area contributed by atoms with Gasteiger partial charge >= 0.3 is 6.03 Å². The Hall–Kier alpha value is -3.78. The fourth-order valence-electron chi connectivity index (χ4n) is 3.73. The minimum Gasteiger partial charge on any atom is -0.492 e. The van der Waals surface area contributed by atoms with Gasteiger partial charge in [-0.1, -0.05) is 29.8 Å². The Labute approximate surface area is 203 Å². The van der Waals surface area contributed by atoms with E-state index in [1.165, 1.54) is 0 Å². The Kier molecular flexibility index (Phi) is 7.49. The van der Waals surface area contributed by atoms with E-state index in [1.807, 2.05) is 30.0 Å². The number of nitrogens with one attached hydrogen (secondary N) is 2. The maximum absolute atomic E-state index is 12.7. The average molecular weight is 480 g/mol. The van der Waals surface area contributed by atoms with Crippen molar-refractivity contribution in [2.24, 2.45) is 0 Å². The summed E-state index contributed by atoms with van der Waals surface area (Å²) in [7, 11) is 0. The maximum Gasteiger partial charge on any atom is 0.323 e. The first-order valence-corrected chi connectivity index (χ1v) is 11.5. The summed E-state index contributed by atoms with van der Waals surface area (Å²) >= 11 is 6.01. The van der Waals surface area contributed by atoms with E-state index >= 15 is 0 Å². The summed E-state index contributed by atoms with van der Waals surface area (Å²) in [6, 6.07) is 17.6. The molecule has 1 saturated heterocycles. The van der Waals surface area contributed by atoms with Gasteiger partial charge in [0, 0.05) is 36.8 Å². The molecule has 0 saturated carbocycles. The van der Waals surface area contributed by atoms with Crippen LogP contribution in [0.2, 0.25) is 5.02 Å². The fourth-order valence-corrected chi connectivity index (χ4v) is 3.92. The molecule has 0 unspecified atom stereocenters. The SMILES string of the molecule is CCOc1ccccc1NC(=O)Nc1ccc(N2CCN(C(=O)c3cccc(Cl)c3)CC2)nc1. The Balaban J connectivity index is 1.30. The molecule has 1 aliphatic heterocycles. The number of halogens is 1. The summed E-state index contributed by atoms with van der Waals surface area (Å²) in [5, 5.41) is 6.13. The molecule has 1 aliphatic rings. The third-order valence-corrected chi connectivity index (χ3v) is 5.64. The van der Waals surface area contributed by atoms with E-state index in [4.69, 9.17) is 16.3 Å². The number of carbonyl (C=O) groups is 2. The lowest BCUT2D eigenvalue weighted by Gasteiger charge is -2.35. The van der Waals surface area contributed by atoms with Crippen LogP contribution in [0.15, 0.2) is 66.9 Å². The molecule has 0 radical (unpaired) electrons. The minimum absolute atomic E-state index is 0.0217. The smallest absolute Gasteiger partial charge is 0.323 e. The van der Waals surface area contributed by atoms with Gasteiger partial charge in [0.1, 0.15) is 11.6 Å². The lowest BCUT2D eigenvalue weighted by Crippen LogP contribution is -2.49. The first-order chi connectivity index (χ1) is 16.5. The number of hydrogen-bond acceptors (Lipinski definition) is 5. The molecule has 2 heterocycles. The zero-order valence-electron chi connectivity index (χ0n) is 18.8. The first-order valence-electron chi connectivity index (χ1n) is 11.1. The van der Waals surface area contributed by atoms with Gasteiger partial charge < -0.3 is 25.2 Å². The van der Waals surface area contributed by atoms with E-state index in [2.05, 4.69) is 20.5 Å². The molecule has 0 bridgehead atoms. The zero-order valence-corrected chi connectivity index (χ0v) is 19.6. The van der Waals surface area contributed by atoms with Crippen LogP contribution in [-0.4, -0.2) is 54.6 Å². The summed E-state index contributed by atoms with van der Waals surface area (Å²) in [5.41, 5.74) is 1.76. The van der Waals surface area contributed by atoms with Gasteiger partial charge in [-0.05, 0) is 49.4 Å².